The normalized spacial score (nSPS) is 12.8. The fourth-order valence-electron chi connectivity index (χ4n) is 1.72. The first kappa shape index (κ1) is 12.8. The Kier molecular flexibility index (Phi) is 4.62. The third kappa shape index (κ3) is 3.14. The largest absolute Gasteiger partial charge is 0.397 e. The molecule has 0 saturated heterocycles. The van der Waals surface area contributed by atoms with Crippen LogP contribution in [0.15, 0.2) is 18.2 Å². The molecular weight excluding hydrogens is 200 g/mol. The molecule has 1 aromatic rings. The molecule has 3 nitrogen and oxygen atoms in total. The first-order chi connectivity index (χ1) is 7.56. The van der Waals surface area contributed by atoms with E-state index < -0.39 is 0 Å². The average molecular weight is 222 g/mol. The van der Waals surface area contributed by atoms with Crippen LogP contribution in [0.2, 0.25) is 0 Å². The molecule has 0 radical (unpaired) electrons. The van der Waals surface area contributed by atoms with Crippen LogP contribution in [-0.4, -0.2) is 17.8 Å². The molecule has 1 unspecified atom stereocenters. The van der Waals surface area contributed by atoms with Crippen molar-refractivity contribution in [2.45, 2.75) is 33.2 Å². The van der Waals surface area contributed by atoms with Gasteiger partial charge in [-0.15, -0.1) is 0 Å². The van der Waals surface area contributed by atoms with E-state index in [4.69, 9.17) is 10.8 Å². The zero-order valence-electron chi connectivity index (χ0n) is 10.3. The number of nitrogens with two attached hydrogens (primary N) is 1. The van der Waals surface area contributed by atoms with Gasteiger partial charge in [0.15, 0.2) is 0 Å². The van der Waals surface area contributed by atoms with Gasteiger partial charge in [0.25, 0.3) is 0 Å². The zero-order chi connectivity index (χ0) is 12.1. The van der Waals surface area contributed by atoms with E-state index >= 15 is 0 Å². The van der Waals surface area contributed by atoms with Gasteiger partial charge in [0.2, 0.25) is 0 Å². The number of aliphatic hydroxyl groups excluding tert-OH is 1. The molecule has 0 amide bonds. The predicted molar refractivity (Wildman–Crippen MR) is 69.5 cm³/mol. The van der Waals surface area contributed by atoms with E-state index in [-0.39, 0.29) is 12.6 Å². The van der Waals surface area contributed by atoms with Crippen molar-refractivity contribution < 1.29 is 5.11 Å². The van der Waals surface area contributed by atoms with Crippen LogP contribution in [0.25, 0.3) is 0 Å². The zero-order valence-corrected chi connectivity index (χ0v) is 10.3. The minimum atomic E-state index is 0.196. The van der Waals surface area contributed by atoms with Gasteiger partial charge in [0.1, 0.15) is 0 Å². The van der Waals surface area contributed by atoms with Crippen LogP contribution in [0, 0.1) is 12.8 Å². The molecule has 0 bridgehead atoms. The van der Waals surface area contributed by atoms with Crippen molar-refractivity contribution in [1.29, 1.82) is 0 Å². The highest BCUT2D eigenvalue weighted by Crippen LogP contribution is 2.24. The molecule has 0 aliphatic heterocycles. The second-order valence-electron chi connectivity index (χ2n) is 4.54. The van der Waals surface area contributed by atoms with Gasteiger partial charge in [-0.3, -0.25) is 0 Å². The van der Waals surface area contributed by atoms with E-state index in [1.807, 2.05) is 25.1 Å². The fourth-order valence-corrected chi connectivity index (χ4v) is 1.72. The Morgan fingerprint density at radius 1 is 1.38 bits per heavy atom. The van der Waals surface area contributed by atoms with Crippen LogP contribution in [0.1, 0.15) is 25.8 Å². The Bertz CT molecular complexity index is 337. The first-order valence-electron chi connectivity index (χ1n) is 5.78. The van der Waals surface area contributed by atoms with E-state index in [9.17, 15) is 0 Å². The highest BCUT2D eigenvalue weighted by atomic mass is 16.3. The third-order valence-electron chi connectivity index (χ3n) is 2.91. The van der Waals surface area contributed by atoms with Gasteiger partial charge in [0, 0.05) is 12.6 Å². The number of nitrogens with one attached hydrogen (secondary N) is 1. The lowest BCUT2D eigenvalue weighted by Gasteiger charge is -2.24. The van der Waals surface area contributed by atoms with Gasteiger partial charge >= 0.3 is 0 Å². The molecule has 0 aliphatic carbocycles. The SMILES string of the molecule is Cc1cccc(NC(CCO)C(C)C)c1N. The predicted octanol–water partition coefficient (Wildman–Crippen LogP) is 2.40. The van der Waals surface area contributed by atoms with Crippen LogP contribution in [0.5, 0.6) is 0 Å². The smallest absolute Gasteiger partial charge is 0.0579 e. The molecule has 3 heteroatoms. The van der Waals surface area contributed by atoms with Crippen molar-refractivity contribution in [2.24, 2.45) is 5.92 Å². The number of benzene rings is 1. The number of rotatable bonds is 5. The molecule has 0 spiro atoms. The maximum Gasteiger partial charge on any atom is 0.0579 e. The van der Waals surface area contributed by atoms with Crippen molar-refractivity contribution in [3.63, 3.8) is 0 Å². The van der Waals surface area contributed by atoms with Crippen LogP contribution < -0.4 is 11.1 Å². The van der Waals surface area contributed by atoms with Gasteiger partial charge < -0.3 is 16.2 Å². The quantitative estimate of drug-likeness (QED) is 0.670. The van der Waals surface area contributed by atoms with E-state index in [1.54, 1.807) is 0 Å². The number of nitrogen functional groups attached to an aromatic ring is 1. The van der Waals surface area contributed by atoms with Gasteiger partial charge in [-0.05, 0) is 30.9 Å². The molecule has 0 heterocycles. The van der Waals surface area contributed by atoms with Crippen molar-refractivity contribution in [3.8, 4) is 0 Å². The highest BCUT2D eigenvalue weighted by Gasteiger charge is 2.13. The lowest BCUT2D eigenvalue weighted by molar-refractivity contribution is 0.267. The van der Waals surface area contributed by atoms with E-state index in [2.05, 4.69) is 19.2 Å². The summed E-state index contributed by atoms with van der Waals surface area (Å²) in [6.07, 6.45) is 0.741. The number of anilines is 2. The van der Waals surface area contributed by atoms with Crippen molar-refractivity contribution in [2.75, 3.05) is 17.7 Å². The molecule has 1 atom stereocenters. The minimum absolute atomic E-state index is 0.196. The second kappa shape index (κ2) is 5.75. The number of hydrogen-bond donors (Lipinski definition) is 3. The third-order valence-corrected chi connectivity index (χ3v) is 2.91. The van der Waals surface area contributed by atoms with E-state index in [0.29, 0.717) is 5.92 Å². The standard InChI is InChI=1S/C13H22N2O/c1-9(2)11(7-8-16)15-12-6-4-5-10(3)13(12)14/h4-6,9,11,15-16H,7-8,14H2,1-3H3. The van der Waals surface area contributed by atoms with Crippen molar-refractivity contribution in [1.82, 2.24) is 0 Å². The summed E-state index contributed by atoms with van der Waals surface area (Å²) in [7, 11) is 0. The van der Waals surface area contributed by atoms with Gasteiger partial charge in [-0.2, -0.15) is 0 Å². The van der Waals surface area contributed by atoms with Crippen LogP contribution in [-0.2, 0) is 0 Å². The van der Waals surface area contributed by atoms with Gasteiger partial charge in [-0.1, -0.05) is 26.0 Å². The molecular formula is C13H22N2O. The fraction of sp³-hybridized carbons (Fsp3) is 0.538. The van der Waals surface area contributed by atoms with Crippen molar-refractivity contribution in [3.05, 3.63) is 23.8 Å². The van der Waals surface area contributed by atoms with Crippen LogP contribution in [0.4, 0.5) is 11.4 Å². The minimum Gasteiger partial charge on any atom is -0.397 e. The Hall–Kier alpha value is -1.22. The number of hydrogen-bond acceptors (Lipinski definition) is 3. The Labute approximate surface area is 97.7 Å². The molecule has 0 saturated carbocycles. The van der Waals surface area contributed by atoms with Crippen LogP contribution >= 0.6 is 0 Å². The summed E-state index contributed by atoms with van der Waals surface area (Å²) in [6.45, 7) is 6.47. The number of aliphatic hydroxyl groups is 1. The monoisotopic (exact) mass is 222 g/mol. The van der Waals surface area contributed by atoms with E-state index in [1.165, 1.54) is 0 Å². The Morgan fingerprint density at radius 2 is 2.06 bits per heavy atom. The lowest BCUT2D eigenvalue weighted by atomic mass is 10.0. The summed E-state index contributed by atoms with van der Waals surface area (Å²) in [4.78, 5) is 0. The summed E-state index contributed by atoms with van der Waals surface area (Å²) in [5, 5.41) is 12.4. The molecule has 0 fully saturated rings. The Morgan fingerprint density at radius 3 is 2.62 bits per heavy atom. The molecule has 1 rings (SSSR count). The second-order valence-corrected chi connectivity index (χ2v) is 4.54. The first-order valence-corrected chi connectivity index (χ1v) is 5.78. The molecule has 90 valence electrons. The van der Waals surface area contributed by atoms with Gasteiger partial charge in [0.05, 0.1) is 11.4 Å². The highest BCUT2D eigenvalue weighted by molar-refractivity contribution is 5.69. The molecule has 1 aromatic carbocycles. The average Bonchev–Trinajstić information content (AvgIpc) is 2.23. The summed E-state index contributed by atoms with van der Waals surface area (Å²) in [5.74, 6) is 0.465. The molecule has 4 N–H and O–H groups in total. The summed E-state index contributed by atoms with van der Waals surface area (Å²) < 4.78 is 0. The van der Waals surface area contributed by atoms with Gasteiger partial charge in [-0.25, -0.2) is 0 Å². The molecule has 16 heavy (non-hydrogen) atoms. The summed E-state index contributed by atoms with van der Waals surface area (Å²) in [6, 6.07) is 6.23. The lowest BCUT2D eigenvalue weighted by Crippen LogP contribution is -2.27. The van der Waals surface area contributed by atoms with Crippen molar-refractivity contribution >= 4 is 11.4 Å². The topological polar surface area (TPSA) is 58.3 Å². The Balaban J connectivity index is 2.81. The van der Waals surface area contributed by atoms with Crippen LogP contribution in [0.3, 0.4) is 0 Å². The van der Waals surface area contributed by atoms with E-state index in [0.717, 1.165) is 23.4 Å². The molecule has 0 aromatic heterocycles. The summed E-state index contributed by atoms with van der Waals surface area (Å²) >= 11 is 0. The number of aryl methyl sites for hydroxylation is 1. The maximum atomic E-state index is 9.02. The molecule has 0 aliphatic rings. The summed E-state index contributed by atoms with van der Waals surface area (Å²) in [5.41, 5.74) is 8.84. The number of para-hydroxylation sites is 1. The maximum absolute atomic E-state index is 9.02.